The molecule has 4 nitrogen and oxygen atoms in total. The first-order valence-corrected chi connectivity index (χ1v) is 6.79. The fraction of sp³-hybridized carbons (Fsp3) is 0.714. The molecule has 1 saturated heterocycles. The number of furan rings is 1. The molecule has 4 heteroatoms. The molecule has 0 aromatic carbocycles. The molecule has 1 aromatic rings. The van der Waals surface area contributed by atoms with Gasteiger partial charge in [0.2, 0.25) is 0 Å². The Labute approximate surface area is 109 Å². The minimum Gasteiger partial charge on any atom is -0.465 e. The molecule has 2 rings (SSSR count). The summed E-state index contributed by atoms with van der Waals surface area (Å²) in [4.78, 5) is 2.42. The monoisotopic (exact) mass is 252 g/mol. The number of hydrogen-bond acceptors (Lipinski definition) is 4. The topological polar surface area (TPSA) is 37.6 Å². The van der Waals surface area contributed by atoms with Crippen LogP contribution in [-0.4, -0.2) is 37.7 Å². The van der Waals surface area contributed by atoms with Crippen LogP contribution >= 0.6 is 0 Å². The predicted molar refractivity (Wildman–Crippen MR) is 71.5 cm³/mol. The van der Waals surface area contributed by atoms with Crippen LogP contribution in [0.25, 0.3) is 0 Å². The van der Waals surface area contributed by atoms with E-state index in [1.54, 1.807) is 0 Å². The van der Waals surface area contributed by atoms with Crippen molar-refractivity contribution < 1.29 is 9.15 Å². The van der Waals surface area contributed by atoms with E-state index < -0.39 is 0 Å². The van der Waals surface area contributed by atoms with Crippen molar-refractivity contribution >= 4 is 0 Å². The Morgan fingerprint density at radius 3 is 3.06 bits per heavy atom. The van der Waals surface area contributed by atoms with E-state index >= 15 is 0 Å². The fourth-order valence-corrected chi connectivity index (χ4v) is 2.42. The maximum Gasteiger partial charge on any atom is 0.118 e. The summed E-state index contributed by atoms with van der Waals surface area (Å²) in [7, 11) is 1.96. The Kier molecular flexibility index (Phi) is 4.80. The Bertz CT molecular complexity index is 376. The summed E-state index contributed by atoms with van der Waals surface area (Å²) < 4.78 is 11.5. The van der Waals surface area contributed by atoms with Crippen molar-refractivity contribution in [2.24, 2.45) is 0 Å². The summed E-state index contributed by atoms with van der Waals surface area (Å²) in [6, 6.07) is 2.17. The smallest absolute Gasteiger partial charge is 0.118 e. The van der Waals surface area contributed by atoms with Gasteiger partial charge in [-0.1, -0.05) is 6.92 Å². The first-order chi connectivity index (χ1) is 8.72. The van der Waals surface area contributed by atoms with Gasteiger partial charge in [0.25, 0.3) is 0 Å². The molecule has 1 aliphatic rings. The van der Waals surface area contributed by atoms with Crippen LogP contribution in [0.4, 0.5) is 0 Å². The third kappa shape index (κ3) is 3.34. The lowest BCUT2D eigenvalue weighted by Crippen LogP contribution is -2.41. The lowest BCUT2D eigenvalue weighted by atomic mass is 10.2. The van der Waals surface area contributed by atoms with Gasteiger partial charge in [-0.2, -0.15) is 0 Å². The summed E-state index contributed by atoms with van der Waals surface area (Å²) in [6.07, 6.45) is 1.46. The number of morpholine rings is 1. The Hall–Kier alpha value is -0.840. The van der Waals surface area contributed by atoms with Crippen molar-refractivity contribution in [3.8, 4) is 0 Å². The summed E-state index contributed by atoms with van der Waals surface area (Å²) in [5, 5.41) is 3.16. The van der Waals surface area contributed by atoms with Gasteiger partial charge in [0.15, 0.2) is 0 Å². The predicted octanol–water partition coefficient (Wildman–Crippen LogP) is 1.92. The maximum absolute atomic E-state index is 5.82. The van der Waals surface area contributed by atoms with Crippen LogP contribution in [0.5, 0.6) is 0 Å². The van der Waals surface area contributed by atoms with Gasteiger partial charge >= 0.3 is 0 Å². The number of hydrogen-bond donors (Lipinski definition) is 1. The largest absolute Gasteiger partial charge is 0.465 e. The lowest BCUT2D eigenvalue weighted by Gasteiger charge is -2.31. The number of rotatable bonds is 5. The first kappa shape index (κ1) is 13.6. The number of nitrogens with zero attached hydrogens (tertiary/aromatic N) is 1. The minimum atomic E-state index is 0.381. The average Bonchev–Trinajstić information content (AvgIpc) is 2.70. The van der Waals surface area contributed by atoms with E-state index in [-0.39, 0.29) is 0 Å². The third-order valence-electron chi connectivity index (χ3n) is 3.50. The number of aryl methyl sites for hydroxylation is 1. The van der Waals surface area contributed by atoms with E-state index in [9.17, 15) is 0 Å². The molecule has 1 N–H and O–H groups in total. The molecular formula is C14H24N2O2. The second-order valence-electron chi connectivity index (χ2n) is 4.96. The highest BCUT2D eigenvalue weighted by Crippen LogP contribution is 2.18. The van der Waals surface area contributed by atoms with Gasteiger partial charge in [-0.25, -0.2) is 0 Å². The van der Waals surface area contributed by atoms with Crippen LogP contribution in [0.15, 0.2) is 10.5 Å². The molecule has 0 radical (unpaired) electrons. The molecule has 102 valence electrons. The van der Waals surface area contributed by atoms with Gasteiger partial charge in [-0.05, 0) is 26.5 Å². The molecule has 0 saturated carbocycles. The fourth-order valence-electron chi connectivity index (χ4n) is 2.42. The first-order valence-electron chi connectivity index (χ1n) is 6.79. The van der Waals surface area contributed by atoms with Crippen LogP contribution in [0, 0.1) is 6.92 Å². The van der Waals surface area contributed by atoms with Crippen LogP contribution in [0.2, 0.25) is 0 Å². The molecule has 1 fully saturated rings. The number of nitrogens with one attached hydrogen (secondary N) is 1. The number of ether oxygens (including phenoxy) is 1. The third-order valence-corrected chi connectivity index (χ3v) is 3.50. The van der Waals surface area contributed by atoms with Gasteiger partial charge in [-0.3, -0.25) is 4.90 Å². The van der Waals surface area contributed by atoms with E-state index in [0.29, 0.717) is 6.10 Å². The Balaban J connectivity index is 1.94. The van der Waals surface area contributed by atoms with E-state index in [2.05, 4.69) is 23.2 Å². The van der Waals surface area contributed by atoms with Gasteiger partial charge in [0.1, 0.15) is 11.5 Å². The highest BCUT2D eigenvalue weighted by atomic mass is 16.5. The van der Waals surface area contributed by atoms with Crippen molar-refractivity contribution in [3.05, 3.63) is 23.2 Å². The van der Waals surface area contributed by atoms with Crippen molar-refractivity contribution in [2.45, 2.75) is 39.5 Å². The van der Waals surface area contributed by atoms with E-state index in [4.69, 9.17) is 9.15 Å². The van der Waals surface area contributed by atoms with Crippen molar-refractivity contribution in [1.82, 2.24) is 10.2 Å². The lowest BCUT2D eigenvalue weighted by molar-refractivity contribution is -0.0342. The SMILES string of the molecule is CCC1CN(Cc2cc(CNC)c(C)o2)CCO1. The summed E-state index contributed by atoms with van der Waals surface area (Å²) >= 11 is 0. The van der Waals surface area contributed by atoms with Gasteiger partial charge in [0.05, 0.1) is 19.3 Å². The molecular weight excluding hydrogens is 228 g/mol. The van der Waals surface area contributed by atoms with Gasteiger partial charge in [0, 0.05) is 25.2 Å². The van der Waals surface area contributed by atoms with E-state index in [1.165, 1.54) is 5.56 Å². The van der Waals surface area contributed by atoms with Crippen LogP contribution < -0.4 is 5.32 Å². The highest BCUT2D eigenvalue weighted by molar-refractivity contribution is 5.20. The maximum atomic E-state index is 5.82. The molecule has 18 heavy (non-hydrogen) atoms. The normalized spacial score (nSPS) is 21.4. The molecule has 0 spiro atoms. The van der Waals surface area contributed by atoms with Crippen LogP contribution in [-0.2, 0) is 17.8 Å². The van der Waals surface area contributed by atoms with Gasteiger partial charge < -0.3 is 14.5 Å². The summed E-state index contributed by atoms with van der Waals surface area (Å²) in [5.74, 6) is 2.09. The van der Waals surface area contributed by atoms with Crippen molar-refractivity contribution in [2.75, 3.05) is 26.7 Å². The van der Waals surface area contributed by atoms with Gasteiger partial charge in [-0.15, -0.1) is 0 Å². The van der Waals surface area contributed by atoms with Crippen LogP contribution in [0.1, 0.15) is 30.4 Å². The Morgan fingerprint density at radius 1 is 1.50 bits per heavy atom. The molecule has 1 aliphatic heterocycles. The second-order valence-corrected chi connectivity index (χ2v) is 4.96. The molecule has 1 atom stereocenters. The van der Waals surface area contributed by atoms with E-state index in [0.717, 1.165) is 50.7 Å². The summed E-state index contributed by atoms with van der Waals surface area (Å²) in [5.41, 5.74) is 1.26. The molecule has 0 amide bonds. The zero-order valence-electron chi connectivity index (χ0n) is 11.7. The van der Waals surface area contributed by atoms with E-state index in [1.807, 2.05) is 14.0 Å². The zero-order valence-corrected chi connectivity index (χ0v) is 11.7. The molecule has 0 aliphatic carbocycles. The standard InChI is InChI=1S/C14H24N2O2/c1-4-13-9-16(5-6-17-13)10-14-7-12(8-15-3)11(2)18-14/h7,13,15H,4-6,8-10H2,1-3H3. The quantitative estimate of drug-likeness (QED) is 0.869. The minimum absolute atomic E-state index is 0.381. The molecule has 1 aromatic heterocycles. The molecule has 2 heterocycles. The highest BCUT2D eigenvalue weighted by Gasteiger charge is 2.20. The second kappa shape index (κ2) is 6.36. The molecule has 1 unspecified atom stereocenters. The zero-order chi connectivity index (χ0) is 13.0. The summed E-state index contributed by atoms with van der Waals surface area (Å²) in [6.45, 7) is 8.82. The van der Waals surface area contributed by atoms with Crippen molar-refractivity contribution in [3.63, 3.8) is 0 Å². The average molecular weight is 252 g/mol. The molecule has 0 bridgehead atoms. The Morgan fingerprint density at radius 2 is 2.33 bits per heavy atom. The van der Waals surface area contributed by atoms with Crippen molar-refractivity contribution in [1.29, 1.82) is 0 Å². The van der Waals surface area contributed by atoms with Crippen LogP contribution in [0.3, 0.4) is 0 Å².